The van der Waals surface area contributed by atoms with Crippen LogP contribution in [0.2, 0.25) is 0 Å². The molecule has 2 aromatic rings. The molecule has 3 N–H and O–H groups in total. The maximum Gasteiger partial charge on any atom is 0.333 e. The number of primary amides is 1. The Morgan fingerprint density at radius 2 is 1.97 bits per heavy atom. The Morgan fingerprint density at radius 3 is 2.45 bits per heavy atom. The normalized spacial score (nSPS) is 18.8. The summed E-state index contributed by atoms with van der Waals surface area (Å²) in [7, 11) is -4.33. The molecular formula is C21H29F2N5O4S. The van der Waals surface area contributed by atoms with Gasteiger partial charge in [-0.05, 0) is 37.3 Å². The standard InChI is InChI=1S/C21H29F2N5O4S/c1-12-17(10-27(26-12)19(22)23)33(31,32)28-9-13(11-29)6-15-16(28)7-14(8-25-15)21(5,18(24)30)20(2,3)4/h7-8,10,13,19,29H,6,9,11H2,1-5H3,(H2,24,30)/t13-,21?/m0/s1. The Kier molecular flexibility index (Phi) is 6.31. The topological polar surface area (TPSA) is 131 Å². The van der Waals surface area contributed by atoms with E-state index < -0.39 is 39.2 Å². The Morgan fingerprint density at radius 1 is 1.33 bits per heavy atom. The zero-order valence-electron chi connectivity index (χ0n) is 19.2. The summed E-state index contributed by atoms with van der Waals surface area (Å²) < 4.78 is 54.8. The van der Waals surface area contributed by atoms with E-state index in [0.29, 0.717) is 17.7 Å². The van der Waals surface area contributed by atoms with Crippen molar-refractivity contribution in [1.82, 2.24) is 14.8 Å². The molecule has 1 amide bonds. The monoisotopic (exact) mass is 485 g/mol. The van der Waals surface area contributed by atoms with Gasteiger partial charge in [0.2, 0.25) is 5.91 Å². The summed E-state index contributed by atoms with van der Waals surface area (Å²) in [6.07, 6.45) is 2.60. The van der Waals surface area contributed by atoms with E-state index in [-0.39, 0.29) is 34.1 Å². The van der Waals surface area contributed by atoms with Crippen LogP contribution < -0.4 is 10.0 Å². The fraction of sp³-hybridized carbons (Fsp3) is 0.571. The summed E-state index contributed by atoms with van der Waals surface area (Å²) in [6.45, 7) is 5.17. The predicted octanol–water partition coefficient (Wildman–Crippen LogP) is 2.13. The number of aryl methyl sites for hydroxylation is 1. The molecule has 0 bridgehead atoms. The van der Waals surface area contributed by atoms with Gasteiger partial charge in [0.05, 0.1) is 28.7 Å². The van der Waals surface area contributed by atoms with Crippen LogP contribution in [0.25, 0.3) is 0 Å². The van der Waals surface area contributed by atoms with Crippen LogP contribution in [0.1, 0.15) is 51.2 Å². The number of pyridine rings is 1. The highest BCUT2D eigenvalue weighted by atomic mass is 32.2. The number of carbonyl (C=O) groups is 1. The number of carbonyl (C=O) groups excluding carboxylic acids is 1. The first-order valence-electron chi connectivity index (χ1n) is 10.4. The molecule has 0 aliphatic carbocycles. The highest BCUT2D eigenvalue weighted by Crippen LogP contribution is 2.44. The number of anilines is 1. The number of aliphatic hydroxyl groups excluding tert-OH is 1. The molecule has 0 saturated heterocycles. The first kappa shape index (κ1) is 25.0. The number of amides is 1. The first-order valence-corrected chi connectivity index (χ1v) is 11.9. The van der Waals surface area contributed by atoms with Gasteiger partial charge in [-0.1, -0.05) is 20.8 Å². The second-order valence-electron chi connectivity index (χ2n) is 9.55. The van der Waals surface area contributed by atoms with Gasteiger partial charge in [-0.25, -0.2) is 13.1 Å². The van der Waals surface area contributed by atoms with E-state index >= 15 is 0 Å². The van der Waals surface area contributed by atoms with Crippen LogP contribution >= 0.6 is 0 Å². The molecule has 0 aromatic carbocycles. The molecule has 1 unspecified atom stereocenters. The molecule has 182 valence electrons. The number of hydrogen-bond acceptors (Lipinski definition) is 6. The Hall–Kier alpha value is -2.60. The van der Waals surface area contributed by atoms with Crippen molar-refractivity contribution in [1.29, 1.82) is 0 Å². The highest BCUT2D eigenvalue weighted by molar-refractivity contribution is 7.92. The van der Waals surface area contributed by atoms with Gasteiger partial charge in [0.25, 0.3) is 10.0 Å². The smallest absolute Gasteiger partial charge is 0.333 e. The largest absolute Gasteiger partial charge is 0.396 e. The lowest BCUT2D eigenvalue weighted by molar-refractivity contribution is -0.126. The minimum Gasteiger partial charge on any atom is -0.396 e. The number of nitrogens with two attached hydrogens (primary N) is 1. The van der Waals surface area contributed by atoms with E-state index in [4.69, 9.17) is 5.73 Å². The van der Waals surface area contributed by atoms with Crippen LogP contribution in [-0.2, 0) is 26.7 Å². The number of aromatic nitrogens is 3. The number of halogens is 2. The van der Waals surface area contributed by atoms with E-state index in [1.807, 2.05) is 20.8 Å². The molecule has 2 aromatic heterocycles. The van der Waals surface area contributed by atoms with Crippen LogP contribution in [0, 0.1) is 18.3 Å². The van der Waals surface area contributed by atoms with Gasteiger partial charge in [0.15, 0.2) is 0 Å². The van der Waals surface area contributed by atoms with Crippen molar-refractivity contribution in [3.8, 4) is 0 Å². The minimum absolute atomic E-state index is 0.0799. The summed E-state index contributed by atoms with van der Waals surface area (Å²) in [5.74, 6) is -1.04. The summed E-state index contributed by atoms with van der Waals surface area (Å²) in [4.78, 5) is 16.6. The lowest BCUT2D eigenvalue weighted by Gasteiger charge is -2.41. The summed E-state index contributed by atoms with van der Waals surface area (Å²) >= 11 is 0. The molecule has 9 nitrogen and oxygen atoms in total. The number of aliphatic hydroxyl groups is 1. The van der Waals surface area contributed by atoms with Crippen LogP contribution in [-0.4, -0.2) is 47.3 Å². The molecular weight excluding hydrogens is 456 g/mol. The van der Waals surface area contributed by atoms with Crippen LogP contribution in [0.5, 0.6) is 0 Å². The molecule has 12 heteroatoms. The van der Waals surface area contributed by atoms with Crippen molar-refractivity contribution in [2.24, 2.45) is 17.1 Å². The molecule has 0 fully saturated rings. The quantitative estimate of drug-likeness (QED) is 0.644. The fourth-order valence-electron chi connectivity index (χ4n) is 4.03. The van der Waals surface area contributed by atoms with E-state index in [2.05, 4.69) is 10.1 Å². The third kappa shape index (κ3) is 4.10. The fourth-order valence-corrected chi connectivity index (χ4v) is 5.75. The van der Waals surface area contributed by atoms with Gasteiger partial charge in [-0.15, -0.1) is 0 Å². The highest BCUT2D eigenvalue weighted by Gasteiger charge is 2.46. The van der Waals surface area contributed by atoms with Crippen LogP contribution in [0.4, 0.5) is 14.5 Å². The third-order valence-electron chi connectivity index (χ3n) is 6.59. The van der Waals surface area contributed by atoms with Crippen molar-refractivity contribution in [3.63, 3.8) is 0 Å². The zero-order valence-corrected chi connectivity index (χ0v) is 20.0. The predicted molar refractivity (Wildman–Crippen MR) is 117 cm³/mol. The van der Waals surface area contributed by atoms with Crippen molar-refractivity contribution in [2.45, 2.75) is 57.9 Å². The van der Waals surface area contributed by atoms with E-state index in [0.717, 1.165) is 10.5 Å². The van der Waals surface area contributed by atoms with Crippen molar-refractivity contribution >= 4 is 21.6 Å². The summed E-state index contributed by atoms with van der Waals surface area (Å²) in [5.41, 5.74) is 4.95. The number of fused-ring (bicyclic) bond motifs is 1. The van der Waals surface area contributed by atoms with Crippen molar-refractivity contribution in [3.05, 3.63) is 35.4 Å². The molecule has 3 rings (SSSR count). The van der Waals surface area contributed by atoms with E-state index in [9.17, 15) is 27.1 Å². The Bertz CT molecular complexity index is 1180. The van der Waals surface area contributed by atoms with Crippen molar-refractivity contribution in [2.75, 3.05) is 17.5 Å². The van der Waals surface area contributed by atoms with Gasteiger partial charge >= 0.3 is 6.55 Å². The number of nitrogens with zero attached hydrogens (tertiary/aromatic N) is 4. The number of rotatable bonds is 6. The van der Waals surface area contributed by atoms with Gasteiger partial charge in [0, 0.05) is 25.3 Å². The maximum absolute atomic E-state index is 13.6. The molecule has 1 aliphatic heterocycles. The Balaban J connectivity index is 2.22. The maximum atomic E-state index is 13.6. The molecule has 0 spiro atoms. The van der Waals surface area contributed by atoms with Crippen LogP contribution in [0.15, 0.2) is 23.4 Å². The lowest BCUT2D eigenvalue weighted by atomic mass is 9.63. The average Bonchev–Trinajstić information content (AvgIpc) is 3.13. The molecule has 0 radical (unpaired) electrons. The van der Waals surface area contributed by atoms with Gasteiger partial charge < -0.3 is 10.8 Å². The molecule has 3 heterocycles. The first-order chi connectivity index (χ1) is 15.1. The van der Waals surface area contributed by atoms with Crippen molar-refractivity contribution < 1.29 is 27.1 Å². The summed E-state index contributed by atoms with van der Waals surface area (Å²) in [6, 6.07) is 1.57. The van der Waals surface area contributed by atoms with Gasteiger partial charge in [-0.2, -0.15) is 13.9 Å². The minimum atomic E-state index is -4.33. The van der Waals surface area contributed by atoms with E-state index in [1.165, 1.54) is 13.1 Å². The second-order valence-corrected chi connectivity index (χ2v) is 11.4. The second kappa shape index (κ2) is 8.32. The third-order valence-corrected chi connectivity index (χ3v) is 8.47. The molecule has 1 aliphatic rings. The zero-order chi connectivity index (χ0) is 24.9. The molecule has 2 atom stereocenters. The number of sulfonamides is 1. The Labute approximate surface area is 191 Å². The number of alkyl halides is 2. The molecule has 33 heavy (non-hydrogen) atoms. The lowest BCUT2D eigenvalue weighted by Crippen LogP contribution is -2.49. The van der Waals surface area contributed by atoms with E-state index in [1.54, 1.807) is 13.0 Å². The van der Waals surface area contributed by atoms with Crippen LogP contribution in [0.3, 0.4) is 0 Å². The average molecular weight is 486 g/mol. The number of hydrogen-bond donors (Lipinski definition) is 2. The van der Waals surface area contributed by atoms with Gasteiger partial charge in [0.1, 0.15) is 4.90 Å². The summed E-state index contributed by atoms with van der Waals surface area (Å²) in [5, 5.41) is 13.4. The SMILES string of the molecule is Cc1nn(C(F)F)cc1S(=O)(=O)N1C[C@@H](CO)Cc2ncc(C(C)(C(N)=O)C(C)(C)C)cc21. The molecule has 0 saturated carbocycles. The van der Waals surface area contributed by atoms with Gasteiger partial charge in [-0.3, -0.25) is 14.1 Å².